The van der Waals surface area contributed by atoms with E-state index in [0.717, 1.165) is 24.8 Å². The van der Waals surface area contributed by atoms with Crippen LogP contribution in [-0.4, -0.2) is 66.5 Å². The van der Waals surface area contributed by atoms with Crippen LogP contribution >= 0.6 is 0 Å². The van der Waals surface area contributed by atoms with Gasteiger partial charge in [-0.1, -0.05) is 5.21 Å². The maximum Gasteiger partial charge on any atom is 0.243 e. The fraction of sp³-hybridized carbons (Fsp3) is 0.611. The van der Waals surface area contributed by atoms with E-state index < -0.39 is 10.0 Å². The highest BCUT2D eigenvalue weighted by molar-refractivity contribution is 7.89. The maximum absolute atomic E-state index is 13.1. The second-order valence-corrected chi connectivity index (χ2v) is 9.38. The number of fused-ring (bicyclic) bond motifs is 1. The fourth-order valence-corrected chi connectivity index (χ4v) is 5.07. The lowest BCUT2D eigenvalue weighted by Crippen LogP contribution is -2.45. The minimum Gasteiger partial charge on any atom is -0.383 e. The molecule has 2 heterocycles. The Labute approximate surface area is 164 Å². The minimum absolute atomic E-state index is 0.0288. The third kappa shape index (κ3) is 3.89. The molecule has 1 aliphatic carbocycles. The fourth-order valence-electron chi connectivity index (χ4n) is 3.53. The van der Waals surface area contributed by atoms with E-state index in [1.54, 1.807) is 30.0 Å². The lowest BCUT2D eigenvalue weighted by atomic mass is 9.99. The van der Waals surface area contributed by atoms with Crippen LogP contribution in [0.15, 0.2) is 23.1 Å². The number of nitrogens with one attached hydrogen (secondary N) is 1. The average molecular weight is 407 g/mol. The molecule has 0 unspecified atom stereocenters. The summed E-state index contributed by atoms with van der Waals surface area (Å²) < 4.78 is 34.4. The number of ether oxygens (including phenoxy) is 1. The third-order valence-corrected chi connectivity index (χ3v) is 7.17. The Hall–Kier alpha value is -2.04. The first-order valence-electron chi connectivity index (χ1n) is 9.62. The Morgan fingerprint density at radius 2 is 2.14 bits per heavy atom. The number of methoxy groups -OCH3 is 1. The standard InChI is InChI=1S/C18H25N5O4S/c1-27-10-9-23-17-7-6-15(11-16(17)20-21-23)28(25,26)22-8-2-3-13(12-22)18(24)19-14-4-5-14/h6-7,11,13-14H,2-5,8-10,12H2,1H3,(H,19,24)/t13-/m1/s1. The van der Waals surface area contributed by atoms with Gasteiger partial charge >= 0.3 is 0 Å². The maximum atomic E-state index is 13.1. The Morgan fingerprint density at radius 1 is 1.32 bits per heavy atom. The van der Waals surface area contributed by atoms with Gasteiger partial charge in [0.05, 0.1) is 29.5 Å². The molecule has 152 valence electrons. The summed E-state index contributed by atoms with van der Waals surface area (Å²) in [5.74, 6) is -0.318. The SMILES string of the molecule is COCCn1nnc2cc(S(=O)(=O)N3CCC[C@@H](C(=O)NC4CC4)C3)ccc21. The summed E-state index contributed by atoms with van der Waals surface area (Å²) in [5.41, 5.74) is 1.29. The van der Waals surface area contributed by atoms with Crippen LogP contribution < -0.4 is 5.32 Å². The molecule has 4 rings (SSSR count). The normalized spacial score (nSPS) is 21.1. The van der Waals surface area contributed by atoms with Gasteiger partial charge in [-0.3, -0.25) is 4.79 Å². The monoisotopic (exact) mass is 407 g/mol. The third-order valence-electron chi connectivity index (χ3n) is 5.31. The number of hydrogen-bond donors (Lipinski definition) is 1. The van der Waals surface area contributed by atoms with Crippen molar-refractivity contribution >= 4 is 27.0 Å². The number of hydrogen-bond acceptors (Lipinski definition) is 6. The van der Waals surface area contributed by atoms with Crippen LogP contribution in [0, 0.1) is 5.92 Å². The molecule has 0 radical (unpaired) electrons. The quantitative estimate of drug-likeness (QED) is 0.726. The highest BCUT2D eigenvalue weighted by Crippen LogP contribution is 2.27. The molecular formula is C18H25N5O4S. The summed E-state index contributed by atoms with van der Waals surface area (Å²) in [6.45, 7) is 1.69. The molecule has 1 aromatic heterocycles. The van der Waals surface area contributed by atoms with E-state index in [-0.39, 0.29) is 29.3 Å². The summed E-state index contributed by atoms with van der Waals surface area (Å²) in [7, 11) is -2.08. The minimum atomic E-state index is -3.69. The van der Waals surface area contributed by atoms with Gasteiger partial charge in [-0.05, 0) is 43.9 Å². The molecule has 1 saturated carbocycles. The molecule has 2 fully saturated rings. The molecule has 1 atom stereocenters. The first kappa shape index (κ1) is 19.3. The Balaban J connectivity index is 1.52. The molecular weight excluding hydrogens is 382 g/mol. The number of rotatable bonds is 7. The average Bonchev–Trinajstić information content (AvgIpc) is 3.43. The highest BCUT2D eigenvalue weighted by atomic mass is 32.2. The summed E-state index contributed by atoms with van der Waals surface area (Å²) in [5, 5.41) is 11.1. The van der Waals surface area contributed by atoms with Crippen LogP contribution in [-0.2, 0) is 26.1 Å². The lowest BCUT2D eigenvalue weighted by Gasteiger charge is -2.31. The van der Waals surface area contributed by atoms with Crippen LogP contribution in [0.25, 0.3) is 11.0 Å². The number of sulfonamides is 1. The number of piperidine rings is 1. The van der Waals surface area contributed by atoms with E-state index >= 15 is 0 Å². The van der Waals surface area contributed by atoms with Crippen molar-refractivity contribution in [3.8, 4) is 0 Å². The molecule has 9 nitrogen and oxygen atoms in total. The van der Waals surface area contributed by atoms with Gasteiger partial charge in [-0.2, -0.15) is 4.31 Å². The second-order valence-electron chi connectivity index (χ2n) is 7.44. The van der Waals surface area contributed by atoms with Gasteiger partial charge in [0.2, 0.25) is 15.9 Å². The molecule has 0 bridgehead atoms. The molecule has 1 aliphatic heterocycles. The molecule has 1 amide bonds. The van der Waals surface area contributed by atoms with Gasteiger partial charge in [-0.15, -0.1) is 5.10 Å². The Morgan fingerprint density at radius 3 is 2.89 bits per heavy atom. The summed E-state index contributed by atoms with van der Waals surface area (Å²) in [6.07, 6.45) is 3.44. The van der Waals surface area contributed by atoms with E-state index in [9.17, 15) is 13.2 Å². The largest absolute Gasteiger partial charge is 0.383 e. The zero-order valence-corrected chi connectivity index (χ0v) is 16.7. The van der Waals surface area contributed by atoms with Crippen molar-refractivity contribution in [1.82, 2.24) is 24.6 Å². The van der Waals surface area contributed by atoms with Gasteiger partial charge < -0.3 is 10.1 Å². The van der Waals surface area contributed by atoms with Crippen molar-refractivity contribution in [3.63, 3.8) is 0 Å². The van der Waals surface area contributed by atoms with E-state index in [2.05, 4.69) is 15.6 Å². The van der Waals surface area contributed by atoms with Crippen molar-refractivity contribution in [2.75, 3.05) is 26.8 Å². The zero-order valence-electron chi connectivity index (χ0n) is 15.9. The molecule has 2 aliphatic rings. The highest BCUT2D eigenvalue weighted by Gasteiger charge is 2.35. The van der Waals surface area contributed by atoms with E-state index in [1.807, 2.05) is 0 Å². The Bertz CT molecular complexity index is 970. The van der Waals surface area contributed by atoms with Crippen LogP contribution in [0.4, 0.5) is 0 Å². The van der Waals surface area contributed by atoms with E-state index in [4.69, 9.17) is 4.74 Å². The number of amides is 1. The lowest BCUT2D eigenvalue weighted by molar-refractivity contribution is -0.126. The van der Waals surface area contributed by atoms with Crippen LogP contribution in [0.5, 0.6) is 0 Å². The molecule has 0 spiro atoms. The summed E-state index contributed by atoms with van der Waals surface area (Å²) >= 11 is 0. The van der Waals surface area contributed by atoms with Gasteiger partial charge in [0.1, 0.15) is 5.52 Å². The zero-order chi connectivity index (χ0) is 19.7. The topological polar surface area (TPSA) is 106 Å². The first-order valence-corrected chi connectivity index (χ1v) is 11.1. The smallest absolute Gasteiger partial charge is 0.243 e. The van der Waals surface area contributed by atoms with Crippen LogP contribution in [0.1, 0.15) is 25.7 Å². The van der Waals surface area contributed by atoms with Crippen molar-refractivity contribution in [1.29, 1.82) is 0 Å². The number of carbonyl (C=O) groups is 1. The predicted octanol–water partition coefficient (Wildman–Crippen LogP) is 0.757. The van der Waals surface area contributed by atoms with Crippen molar-refractivity contribution < 1.29 is 17.9 Å². The molecule has 2 aromatic rings. The molecule has 10 heteroatoms. The number of carbonyl (C=O) groups excluding carboxylic acids is 1. The van der Waals surface area contributed by atoms with Crippen molar-refractivity contribution in [2.45, 2.75) is 43.2 Å². The van der Waals surface area contributed by atoms with E-state index in [1.165, 1.54) is 4.31 Å². The predicted molar refractivity (Wildman–Crippen MR) is 102 cm³/mol. The van der Waals surface area contributed by atoms with Crippen LogP contribution in [0.3, 0.4) is 0 Å². The Kier molecular flexibility index (Phi) is 5.35. The van der Waals surface area contributed by atoms with Crippen LogP contribution in [0.2, 0.25) is 0 Å². The summed E-state index contributed by atoms with van der Waals surface area (Å²) in [4.78, 5) is 12.5. The van der Waals surface area contributed by atoms with Gasteiger partial charge in [0, 0.05) is 26.2 Å². The van der Waals surface area contributed by atoms with Gasteiger partial charge in [0.15, 0.2) is 0 Å². The number of nitrogens with zero attached hydrogens (tertiary/aromatic N) is 4. The summed E-state index contributed by atoms with van der Waals surface area (Å²) in [6, 6.07) is 5.13. The van der Waals surface area contributed by atoms with Crippen molar-refractivity contribution in [2.24, 2.45) is 5.92 Å². The second kappa shape index (κ2) is 7.76. The van der Waals surface area contributed by atoms with Crippen molar-refractivity contribution in [3.05, 3.63) is 18.2 Å². The first-order chi connectivity index (χ1) is 13.5. The van der Waals surface area contributed by atoms with Gasteiger partial charge in [0.25, 0.3) is 0 Å². The molecule has 28 heavy (non-hydrogen) atoms. The molecule has 1 aromatic carbocycles. The molecule has 1 saturated heterocycles. The molecule has 1 N–H and O–H groups in total. The number of benzene rings is 1. The van der Waals surface area contributed by atoms with E-state index in [0.29, 0.717) is 31.6 Å². The number of aromatic nitrogens is 3. The van der Waals surface area contributed by atoms with Gasteiger partial charge in [-0.25, -0.2) is 13.1 Å².